The molecule has 1 aromatic rings. The third-order valence-corrected chi connectivity index (χ3v) is 5.78. The van der Waals surface area contributed by atoms with Crippen molar-refractivity contribution < 1.29 is 9.90 Å². The van der Waals surface area contributed by atoms with E-state index in [-0.39, 0.29) is 23.6 Å². The van der Waals surface area contributed by atoms with Gasteiger partial charge in [0.15, 0.2) is 0 Å². The van der Waals surface area contributed by atoms with Crippen molar-refractivity contribution in [3.8, 4) is 5.75 Å². The largest absolute Gasteiger partial charge is 0.508 e. The molecule has 3 aliphatic rings. The summed E-state index contributed by atoms with van der Waals surface area (Å²) in [6.45, 7) is 1.39. The number of phenolic OH excluding ortho intramolecular Hbond substituents is 1. The van der Waals surface area contributed by atoms with E-state index in [0.717, 1.165) is 24.9 Å². The smallest absolute Gasteiger partial charge is 0.227 e. The number of carbonyl (C=O) groups excluding carboxylic acids is 1. The fraction of sp³-hybridized carbons (Fsp3) is 0.588. The van der Waals surface area contributed by atoms with Crippen molar-refractivity contribution >= 4 is 5.91 Å². The zero-order chi connectivity index (χ0) is 14.6. The molecule has 0 saturated heterocycles. The molecule has 1 heterocycles. The van der Waals surface area contributed by atoms with E-state index >= 15 is 0 Å². The lowest BCUT2D eigenvalue weighted by molar-refractivity contribution is -0.138. The highest BCUT2D eigenvalue weighted by Crippen LogP contribution is 2.48. The Morgan fingerprint density at radius 2 is 2.05 bits per heavy atom. The van der Waals surface area contributed by atoms with Gasteiger partial charge in [0.1, 0.15) is 5.75 Å². The maximum atomic E-state index is 12.9. The number of nitrogens with zero attached hydrogens (tertiary/aromatic N) is 1. The summed E-state index contributed by atoms with van der Waals surface area (Å²) in [6, 6.07) is 5.54. The van der Waals surface area contributed by atoms with E-state index in [1.165, 1.54) is 18.4 Å². The monoisotopic (exact) mass is 286 g/mol. The minimum absolute atomic E-state index is 0.0302. The van der Waals surface area contributed by atoms with Crippen LogP contribution in [0.4, 0.5) is 0 Å². The second-order valence-electron chi connectivity index (χ2n) is 6.90. The van der Waals surface area contributed by atoms with Crippen LogP contribution in [0.5, 0.6) is 5.75 Å². The molecule has 0 aromatic heterocycles. The van der Waals surface area contributed by atoms with Crippen LogP contribution in [0.25, 0.3) is 0 Å². The van der Waals surface area contributed by atoms with Gasteiger partial charge >= 0.3 is 0 Å². The number of fused-ring (bicyclic) bond motifs is 3. The van der Waals surface area contributed by atoms with E-state index in [1.54, 1.807) is 12.1 Å². The Morgan fingerprint density at radius 3 is 2.81 bits per heavy atom. The Bertz CT molecular complexity index is 584. The predicted octanol–water partition coefficient (Wildman–Crippen LogP) is 1.65. The lowest BCUT2D eigenvalue weighted by Gasteiger charge is -2.35. The van der Waals surface area contributed by atoms with E-state index in [4.69, 9.17) is 5.73 Å². The average Bonchev–Trinajstić information content (AvgIpc) is 3.06. The molecule has 21 heavy (non-hydrogen) atoms. The van der Waals surface area contributed by atoms with E-state index in [2.05, 4.69) is 0 Å². The third-order valence-electron chi connectivity index (χ3n) is 5.78. The highest BCUT2D eigenvalue weighted by Gasteiger charge is 2.50. The second-order valence-corrected chi connectivity index (χ2v) is 6.90. The molecule has 1 aromatic carbocycles. The highest BCUT2D eigenvalue weighted by molar-refractivity contribution is 5.81. The van der Waals surface area contributed by atoms with Gasteiger partial charge in [0.05, 0.1) is 5.92 Å². The number of aromatic hydroxyl groups is 1. The van der Waals surface area contributed by atoms with E-state index in [1.807, 2.05) is 11.0 Å². The Hall–Kier alpha value is -1.55. The first-order valence-electron chi connectivity index (χ1n) is 7.98. The molecule has 2 saturated carbocycles. The van der Waals surface area contributed by atoms with Gasteiger partial charge in [0.2, 0.25) is 5.91 Å². The van der Waals surface area contributed by atoms with E-state index < -0.39 is 0 Å². The van der Waals surface area contributed by atoms with Crippen LogP contribution in [0, 0.1) is 17.8 Å². The van der Waals surface area contributed by atoms with Crippen molar-refractivity contribution in [3.05, 3.63) is 29.3 Å². The Labute approximate surface area is 124 Å². The van der Waals surface area contributed by atoms with Gasteiger partial charge in [-0.2, -0.15) is 0 Å². The van der Waals surface area contributed by atoms with Gasteiger partial charge in [-0.15, -0.1) is 0 Å². The zero-order valence-corrected chi connectivity index (χ0v) is 12.2. The van der Waals surface area contributed by atoms with Crippen LogP contribution in [0.3, 0.4) is 0 Å². The number of nitrogens with two attached hydrogens (primary N) is 1. The van der Waals surface area contributed by atoms with Crippen molar-refractivity contribution in [2.75, 3.05) is 6.54 Å². The summed E-state index contributed by atoms with van der Waals surface area (Å²) in [5.41, 5.74) is 8.62. The Kier molecular flexibility index (Phi) is 2.96. The van der Waals surface area contributed by atoms with Crippen LogP contribution in [0.2, 0.25) is 0 Å². The predicted molar refractivity (Wildman–Crippen MR) is 79.5 cm³/mol. The lowest BCUT2D eigenvalue weighted by atomic mass is 9.83. The summed E-state index contributed by atoms with van der Waals surface area (Å²) in [5, 5.41) is 9.63. The van der Waals surface area contributed by atoms with Crippen molar-refractivity contribution in [3.63, 3.8) is 0 Å². The quantitative estimate of drug-likeness (QED) is 0.825. The van der Waals surface area contributed by atoms with Gasteiger partial charge in [0.25, 0.3) is 0 Å². The normalized spacial score (nSPS) is 34.0. The molecular weight excluding hydrogens is 264 g/mol. The van der Waals surface area contributed by atoms with Gasteiger partial charge in [-0.1, -0.05) is 6.07 Å². The third kappa shape index (κ3) is 2.04. The molecule has 112 valence electrons. The summed E-state index contributed by atoms with van der Waals surface area (Å²) in [6.07, 6.45) is 4.38. The number of amides is 1. The first-order chi connectivity index (χ1) is 10.1. The van der Waals surface area contributed by atoms with Gasteiger partial charge in [-0.3, -0.25) is 4.79 Å². The number of carbonyl (C=O) groups is 1. The first kappa shape index (κ1) is 13.1. The van der Waals surface area contributed by atoms with Crippen LogP contribution in [-0.2, 0) is 17.8 Å². The van der Waals surface area contributed by atoms with Crippen LogP contribution in [0.1, 0.15) is 30.4 Å². The number of benzene rings is 1. The first-order valence-corrected chi connectivity index (χ1v) is 7.98. The molecule has 3 N–H and O–H groups in total. The van der Waals surface area contributed by atoms with Crippen LogP contribution in [0.15, 0.2) is 18.2 Å². The standard InChI is InChI=1S/C17H22N2O2/c18-16-12-2-1-11(7-12)15(16)17(21)19-6-5-10-3-4-14(20)8-13(10)9-19/h3-4,8,11-12,15-16,20H,1-2,5-7,9,18H2. The molecular formula is C17H22N2O2. The molecule has 4 nitrogen and oxygen atoms in total. The number of phenols is 1. The molecule has 2 fully saturated rings. The minimum Gasteiger partial charge on any atom is -0.508 e. The maximum absolute atomic E-state index is 12.9. The molecule has 0 radical (unpaired) electrons. The van der Waals surface area contributed by atoms with Crippen molar-refractivity contribution in [2.24, 2.45) is 23.5 Å². The summed E-state index contributed by atoms with van der Waals surface area (Å²) in [7, 11) is 0. The van der Waals surface area contributed by atoms with E-state index in [0.29, 0.717) is 18.4 Å². The van der Waals surface area contributed by atoms with Crippen molar-refractivity contribution in [1.82, 2.24) is 4.90 Å². The topological polar surface area (TPSA) is 66.6 Å². The summed E-state index contributed by atoms with van der Waals surface area (Å²) < 4.78 is 0. The summed E-state index contributed by atoms with van der Waals surface area (Å²) in [5.74, 6) is 1.61. The fourth-order valence-electron chi connectivity index (χ4n) is 4.64. The van der Waals surface area contributed by atoms with Crippen LogP contribution >= 0.6 is 0 Å². The van der Waals surface area contributed by atoms with Gasteiger partial charge in [-0.25, -0.2) is 0 Å². The molecule has 0 spiro atoms. The molecule has 4 atom stereocenters. The number of hydrogen-bond acceptors (Lipinski definition) is 3. The molecule has 4 rings (SSSR count). The molecule has 2 aliphatic carbocycles. The minimum atomic E-state index is 0.0302. The molecule has 2 bridgehead atoms. The van der Waals surface area contributed by atoms with Crippen molar-refractivity contribution in [1.29, 1.82) is 0 Å². The molecule has 1 amide bonds. The average molecular weight is 286 g/mol. The molecule has 1 aliphatic heterocycles. The van der Waals surface area contributed by atoms with Crippen LogP contribution in [-0.4, -0.2) is 28.5 Å². The van der Waals surface area contributed by atoms with Gasteiger partial charge in [0, 0.05) is 19.1 Å². The highest BCUT2D eigenvalue weighted by atomic mass is 16.3. The van der Waals surface area contributed by atoms with Crippen molar-refractivity contribution in [2.45, 2.75) is 38.3 Å². The Morgan fingerprint density at radius 1 is 1.24 bits per heavy atom. The number of hydrogen-bond donors (Lipinski definition) is 2. The zero-order valence-electron chi connectivity index (χ0n) is 12.2. The number of rotatable bonds is 1. The lowest BCUT2D eigenvalue weighted by Crippen LogP contribution is -2.48. The van der Waals surface area contributed by atoms with E-state index in [9.17, 15) is 9.90 Å². The summed E-state index contributed by atoms with van der Waals surface area (Å²) >= 11 is 0. The van der Waals surface area contributed by atoms with Gasteiger partial charge < -0.3 is 15.7 Å². The maximum Gasteiger partial charge on any atom is 0.227 e. The summed E-state index contributed by atoms with van der Waals surface area (Å²) in [4.78, 5) is 14.8. The SMILES string of the molecule is NC1C2CCC(C2)C1C(=O)N1CCc2ccc(O)cc2C1. The fourth-order valence-corrected chi connectivity index (χ4v) is 4.64. The second kappa shape index (κ2) is 4.73. The molecule has 4 unspecified atom stereocenters. The Balaban J connectivity index is 1.54. The van der Waals surface area contributed by atoms with Crippen LogP contribution < -0.4 is 5.73 Å². The van der Waals surface area contributed by atoms with Gasteiger partial charge in [-0.05, 0) is 60.8 Å². The molecule has 4 heteroatoms.